The molecule has 3 atom stereocenters. The maximum Gasteiger partial charge on any atom is 0.158 e. The van der Waals surface area contributed by atoms with Crippen LogP contribution < -0.4 is 5.73 Å². The van der Waals surface area contributed by atoms with E-state index < -0.39 is 0 Å². The molecule has 0 aromatic heterocycles. The van der Waals surface area contributed by atoms with E-state index in [1.807, 2.05) is 0 Å². The number of nitrogens with zero attached hydrogens (tertiary/aromatic N) is 1. The summed E-state index contributed by atoms with van der Waals surface area (Å²) in [5.41, 5.74) is 5.51. The molecule has 2 N–H and O–H groups in total. The Morgan fingerprint density at radius 3 is 2.93 bits per heavy atom. The average molecular weight is 200 g/mol. The number of ether oxygens (including phenoxy) is 2. The Kier molecular flexibility index (Phi) is 3.38. The van der Waals surface area contributed by atoms with Gasteiger partial charge in [-0.3, -0.25) is 0 Å². The van der Waals surface area contributed by atoms with Crippen molar-refractivity contribution in [3.63, 3.8) is 0 Å². The summed E-state index contributed by atoms with van der Waals surface area (Å²) in [6.45, 7) is 3.62. The monoisotopic (exact) mass is 200 g/mol. The van der Waals surface area contributed by atoms with Gasteiger partial charge in [0.25, 0.3) is 0 Å². The van der Waals surface area contributed by atoms with Crippen LogP contribution in [0.4, 0.5) is 0 Å². The summed E-state index contributed by atoms with van der Waals surface area (Å²) in [6.07, 6.45) is 2.42. The summed E-state index contributed by atoms with van der Waals surface area (Å²) in [6, 6.07) is 0. The normalized spacial score (nSPS) is 39.4. The average Bonchev–Trinajstić information content (AvgIpc) is 2.76. The van der Waals surface area contributed by atoms with Gasteiger partial charge in [-0.05, 0) is 25.9 Å². The van der Waals surface area contributed by atoms with Gasteiger partial charge >= 0.3 is 0 Å². The Morgan fingerprint density at radius 2 is 2.36 bits per heavy atom. The van der Waals surface area contributed by atoms with E-state index in [0.29, 0.717) is 13.2 Å². The predicted molar refractivity (Wildman–Crippen MR) is 53.9 cm³/mol. The van der Waals surface area contributed by atoms with E-state index in [1.165, 1.54) is 19.5 Å². The Labute approximate surface area is 85.3 Å². The Balaban J connectivity index is 1.71. The minimum atomic E-state index is 0.0000463. The SMILES string of the molecule is CN1CCC(CC2OCC(CN)O2)C1. The molecule has 0 amide bonds. The number of likely N-dealkylation sites (tertiary alicyclic amines) is 1. The van der Waals surface area contributed by atoms with Crippen molar-refractivity contribution in [1.29, 1.82) is 0 Å². The fraction of sp³-hybridized carbons (Fsp3) is 1.00. The van der Waals surface area contributed by atoms with E-state index in [0.717, 1.165) is 12.3 Å². The lowest BCUT2D eigenvalue weighted by molar-refractivity contribution is -0.0690. The van der Waals surface area contributed by atoms with Crippen LogP contribution in [0.2, 0.25) is 0 Å². The first-order valence-corrected chi connectivity index (χ1v) is 5.43. The van der Waals surface area contributed by atoms with Gasteiger partial charge in [-0.2, -0.15) is 0 Å². The van der Waals surface area contributed by atoms with Crippen LogP contribution in [0.15, 0.2) is 0 Å². The summed E-state index contributed by atoms with van der Waals surface area (Å²) in [5.74, 6) is 0.738. The zero-order valence-corrected chi connectivity index (χ0v) is 8.82. The van der Waals surface area contributed by atoms with Gasteiger partial charge < -0.3 is 20.1 Å². The van der Waals surface area contributed by atoms with E-state index >= 15 is 0 Å². The summed E-state index contributed by atoms with van der Waals surface area (Å²) in [7, 11) is 2.17. The molecule has 0 bridgehead atoms. The van der Waals surface area contributed by atoms with Gasteiger partial charge in [-0.1, -0.05) is 0 Å². The molecule has 2 fully saturated rings. The molecule has 0 saturated carbocycles. The van der Waals surface area contributed by atoms with Crippen LogP contribution in [0.5, 0.6) is 0 Å². The van der Waals surface area contributed by atoms with Gasteiger partial charge in [-0.25, -0.2) is 0 Å². The Hall–Kier alpha value is -0.160. The van der Waals surface area contributed by atoms with E-state index in [9.17, 15) is 0 Å². The summed E-state index contributed by atoms with van der Waals surface area (Å²) in [4.78, 5) is 2.36. The number of hydrogen-bond acceptors (Lipinski definition) is 4. The molecule has 2 saturated heterocycles. The largest absolute Gasteiger partial charge is 0.350 e. The zero-order chi connectivity index (χ0) is 9.97. The third-order valence-corrected chi connectivity index (χ3v) is 3.09. The molecular formula is C10H20N2O2. The summed E-state index contributed by atoms with van der Waals surface area (Å²) < 4.78 is 11.2. The van der Waals surface area contributed by atoms with Crippen molar-refractivity contribution in [2.45, 2.75) is 25.2 Å². The van der Waals surface area contributed by atoms with Crippen molar-refractivity contribution in [3.8, 4) is 0 Å². The Bertz CT molecular complexity index is 189. The molecule has 82 valence electrons. The highest BCUT2D eigenvalue weighted by Gasteiger charge is 2.29. The smallest absolute Gasteiger partial charge is 0.158 e. The Morgan fingerprint density at radius 1 is 1.50 bits per heavy atom. The summed E-state index contributed by atoms with van der Waals surface area (Å²) in [5, 5.41) is 0. The van der Waals surface area contributed by atoms with Crippen LogP contribution in [0, 0.1) is 5.92 Å². The quantitative estimate of drug-likeness (QED) is 0.698. The minimum Gasteiger partial charge on any atom is -0.350 e. The fourth-order valence-corrected chi connectivity index (χ4v) is 2.25. The van der Waals surface area contributed by atoms with Crippen LogP contribution in [0.3, 0.4) is 0 Å². The first-order chi connectivity index (χ1) is 6.78. The molecule has 0 spiro atoms. The molecule has 2 aliphatic rings. The lowest BCUT2D eigenvalue weighted by Crippen LogP contribution is -2.23. The zero-order valence-electron chi connectivity index (χ0n) is 8.82. The van der Waals surface area contributed by atoms with Crippen molar-refractivity contribution in [1.82, 2.24) is 4.90 Å². The predicted octanol–water partition coefficient (Wildman–Crippen LogP) is 0.0284. The van der Waals surface area contributed by atoms with E-state index in [2.05, 4.69) is 11.9 Å². The van der Waals surface area contributed by atoms with Gasteiger partial charge in [0.1, 0.15) is 0 Å². The van der Waals surface area contributed by atoms with E-state index in [1.54, 1.807) is 0 Å². The van der Waals surface area contributed by atoms with Gasteiger partial charge in [0.05, 0.1) is 12.7 Å². The lowest BCUT2D eigenvalue weighted by atomic mass is 10.1. The maximum absolute atomic E-state index is 5.64. The molecule has 2 rings (SSSR count). The molecule has 4 heteroatoms. The first-order valence-electron chi connectivity index (χ1n) is 5.43. The molecule has 0 aromatic rings. The third-order valence-electron chi connectivity index (χ3n) is 3.09. The highest BCUT2D eigenvalue weighted by molar-refractivity contribution is 4.76. The third kappa shape index (κ3) is 2.45. The van der Waals surface area contributed by atoms with E-state index in [-0.39, 0.29) is 12.4 Å². The highest BCUT2D eigenvalue weighted by Crippen LogP contribution is 2.24. The van der Waals surface area contributed by atoms with Crippen molar-refractivity contribution < 1.29 is 9.47 Å². The molecule has 0 aromatic carbocycles. The molecule has 2 heterocycles. The van der Waals surface area contributed by atoms with E-state index in [4.69, 9.17) is 15.2 Å². The second kappa shape index (κ2) is 4.57. The first kappa shape index (κ1) is 10.4. The lowest BCUT2D eigenvalue weighted by Gasteiger charge is -2.15. The maximum atomic E-state index is 5.64. The topological polar surface area (TPSA) is 47.7 Å². The number of nitrogens with two attached hydrogens (primary N) is 1. The summed E-state index contributed by atoms with van der Waals surface area (Å²) >= 11 is 0. The van der Waals surface area contributed by atoms with Gasteiger partial charge in [0.2, 0.25) is 0 Å². The standard InChI is InChI=1S/C10H20N2O2/c1-12-3-2-8(6-12)4-10-13-7-9(5-11)14-10/h8-10H,2-7,11H2,1H3. The van der Waals surface area contributed by atoms with Gasteiger partial charge in [-0.15, -0.1) is 0 Å². The molecule has 3 unspecified atom stereocenters. The van der Waals surface area contributed by atoms with Crippen molar-refractivity contribution in [3.05, 3.63) is 0 Å². The molecule has 2 aliphatic heterocycles. The highest BCUT2D eigenvalue weighted by atomic mass is 16.7. The number of hydrogen-bond donors (Lipinski definition) is 1. The molecule has 0 radical (unpaired) electrons. The van der Waals surface area contributed by atoms with Crippen molar-refractivity contribution >= 4 is 0 Å². The van der Waals surface area contributed by atoms with Gasteiger partial charge in [0.15, 0.2) is 6.29 Å². The van der Waals surface area contributed by atoms with Crippen molar-refractivity contribution in [2.75, 3.05) is 33.3 Å². The second-order valence-corrected chi connectivity index (χ2v) is 4.41. The minimum absolute atomic E-state index is 0.0000463. The molecule has 0 aliphatic carbocycles. The molecule has 14 heavy (non-hydrogen) atoms. The molecule has 4 nitrogen and oxygen atoms in total. The van der Waals surface area contributed by atoms with Crippen molar-refractivity contribution in [2.24, 2.45) is 11.7 Å². The van der Waals surface area contributed by atoms with Crippen LogP contribution in [-0.2, 0) is 9.47 Å². The van der Waals surface area contributed by atoms with Crippen LogP contribution in [0.1, 0.15) is 12.8 Å². The second-order valence-electron chi connectivity index (χ2n) is 4.41. The molecular weight excluding hydrogens is 180 g/mol. The number of rotatable bonds is 3. The van der Waals surface area contributed by atoms with Gasteiger partial charge in [0, 0.05) is 19.5 Å². The van der Waals surface area contributed by atoms with Crippen LogP contribution >= 0.6 is 0 Å². The fourth-order valence-electron chi connectivity index (χ4n) is 2.25. The van der Waals surface area contributed by atoms with Crippen LogP contribution in [-0.4, -0.2) is 50.6 Å². The van der Waals surface area contributed by atoms with Crippen LogP contribution in [0.25, 0.3) is 0 Å².